The second-order valence-corrected chi connectivity index (χ2v) is 5.62. The highest BCUT2D eigenvalue weighted by molar-refractivity contribution is 6.30. The van der Waals surface area contributed by atoms with Crippen molar-refractivity contribution >= 4 is 29.4 Å². The molecular weight excluding hydrogens is 357 g/mol. The first-order valence-electron chi connectivity index (χ1n) is 7.24. The van der Waals surface area contributed by atoms with E-state index in [4.69, 9.17) is 25.8 Å². The first kappa shape index (κ1) is 18.7. The van der Waals surface area contributed by atoms with Gasteiger partial charge in [-0.05, 0) is 32.0 Å². The molecule has 0 bridgehead atoms. The van der Waals surface area contributed by atoms with Gasteiger partial charge in [-0.25, -0.2) is 9.18 Å². The Kier molecular flexibility index (Phi) is 5.32. The van der Waals surface area contributed by atoms with Gasteiger partial charge in [-0.3, -0.25) is 14.9 Å². The van der Waals surface area contributed by atoms with E-state index in [9.17, 15) is 18.8 Å². The summed E-state index contributed by atoms with van der Waals surface area (Å²) >= 11 is 5.87. The highest BCUT2D eigenvalue weighted by Crippen LogP contribution is 2.40. The van der Waals surface area contributed by atoms with Gasteiger partial charge in [0.25, 0.3) is 5.78 Å². The summed E-state index contributed by atoms with van der Waals surface area (Å²) in [5.41, 5.74) is -2.05. The van der Waals surface area contributed by atoms with Crippen molar-refractivity contribution in [2.24, 2.45) is 0 Å². The molecule has 1 N–H and O–H groups in total. The Morgan fingerprint density at radius 1 is 1.40 bits per heavy atom. The minimum absolute atomic E-state index is 0.0656. The molecule has 7 nitrogen and oxygen atoms in total. The van der Waals surface area contributed by atoms with E-state index in [1.54, 1.807) is 6.92 Å². The van der Waals surface area contributed by atoms with Gasteiger partial charge in [0.1, 0.15) is 5.82 Å². The van der Waals surface area contributed by atoms with Crippen molar-refractivity contribution in [1.29, 1.82) is 0 Å². The summed E-state index contributed by atoms with van der Waals surface area (Å²) in [6.45, 7) is 3.98. The topological polar surface area (TPSA) is 90.9 Å². The number of hydrogen-bond donors (Lipinski definition) is 1. The lowest BCUT2D eigenvalue weighted by molar-refractivity contribution is -0.142. The molecule has 1 aliphatic rings. The van der Waals surface area contributed by atoms with Crippen molar-refractivity contribution in [2.45, 2.75) is 26.4 Å². The van der Waals surface area contributed by atoms with Crippen LogP contribution in [0, 0.1) is 5.82 Å². The zero-order chi connectivity index (χ0) is 18.8. The van der Waals surface area contributed by atoms with E-state index in [1.165, 1.54) is 19.1 Å². The fraction of sp³-hybridized carbons (Fsp3) is 0.312. The average Bonchev–Trinajstić information content (AvgIpc) is 2.75. The van der Waals surface area contributed by atoms with Gasteiger partial charge < -0.3 is 14.2 Å². The van der Waals surface area contributed by atoms with Gasteiger partial charge in [0.15, 0.2) is 0 Å². The lowest BCUT2D eigenvalue weighted by atomic mass is 9.91. The lowest BCUT2D eigenvalue weighted by Gasteiger charge is -2.24. The van der Waals surface area contributed by atoms with Gasteiger partial charge in [-0.15, -0.1) is 0 Å². The van der Waals surface area contributed by atoms with E-state index >= 15 is 0 Å². The summed E-state index contributed by atoms with van der Waals surface area (Å²) in [6, 6.07) is 3.59. The minimum Gasteiger partial charge on any atom is -0.456 e. The van der Waals surface area contributed by atoms with Gasteiger partial charge in [-0.2, -0.15) is 0 Å². The number of carbonyl (C=O) groups excluding carboxylic acids is 3. The lowest BCUT2D eigenvalue weighted by Crippen LogP contribution is -2.33. The number of nitrogens with one attached hydrogen (secondary N) is 1. The van der Waals surface area contributed by atoms with E-state index < -0.39 is 40.9 Å². The molecule has 0 aromatic heterocycles. The third kappa shape index (κ3) is 3.74. The molecule has 25 heavy (non-hydrogen) atoms. The Labute approximate surface area is 147 Å². The van der Waals surface area contributed by atoms with E-state index in [-0.39, 0.29) is 17.2 Å². The van der Waals surface area contributed by atoms with Crippen LogP contribution in [0.4, 0.5) is 9.18 Å². The average molecular weight is 372 g/mol. The fourth-order valence-electron chi connectivity index (χ4n) is 2.24. The molecule has 1 aliphatic heterocycles. The summed E-state index contributed by atoms with van der Waals surface area (Å²) < 4.78 is 29.2. The molecule has 1 heterocycles. The first-order chi connectivity index (χ1) is 11.7. The van der Waals surface area contributed by atoms with Gasteiger partial charge >= 0.3 is 12.1 Å². The molecule has 0 saturated heterocycles. The Balaban J connectivity index is 2.45. The van der Waals surface area contributed by atoms with Crippen LogP contribution in [0.15, 0.2) is 29.8 Å². The largest absolute Gasteiger partial charge is 0.456 e. The molecular formula is C16H15ClFNO6. The number of Topliss-reactive ketones (excluding diaryl/α,β-unsaturated/α-hetero) is 1. The molecule has 0 spiro atoms. The maximum absolute atomic E-state index is 14.2. The van der Waals surface area contributed by atoms with Gasteiger partial charge in [-0.1, -0.05) is 11.6 Å². The van der Waals surface area contributed by atoms with E-state index in [0.717, 1.165) is 13.0 Å². The maximum atomic E-state index is 14.2. The van der Waals surface area contributed by atoms with Crippen molar-refractivity contribution in [3.05, 3.63) is 46.2 Å². The molecule has 1 atom stereocenters. The predicted molar refractivity (Wildman–Crippen MR) is 83.8 cm³/mol. The number of hydrogen-bond acceptors (Lipinski definition) is 6. The molecule has 9 heteroatoms. The molecule has 1 unspecified atom stereocenters. The van der Waals surface area contributed by atoms with Crippen LogP contribution in [0.1, 0.15) is 26.3 Å². The predicted octanol–water partition coefficient (Wildman–Crippen LogP) is 2.77. The smallest absolute Gasteiger partial charge is 0.414 e. The molecule has 0 saturated carbocycles. The Morgan fingerprint density at radius 2 is 2.08 bits per heavy atom. The number of ether oxygens (including phenoxy) is 3. The zero-order valence-corrected chi connectivity index (χ0v) is 14.4. The molecule has 134 valence electrons. The summed E-state index contributed by atoms with van der Waals surface area (Å²) in [7, 11) is 0. The second-order valence-electron chi connectivity index (χ2n) is 5.19. The van der Waals surface area contributed by atoms with Crippen molar-refractivity contribution in [3.8, 4) is 0 Å². The summed E-state index contributed by atoms with van der Waals surface area (Å²) in [6.07, 6.45) is -0.925. The number of rotatable bonds is 4. The standard InChI is InChI=1S/C16H15ClFNO6/c1-4-23-15(22)19-14-12(24-8(2)20)13(21)16(3,25-14)10-7-9(17)5-6-11(10)18/h5-7H,4H2,1-3H3,(H,19,22). The number of esters is 1. The summed E-state index contributed by atoms with van der Waals surface area (Å²) in [5.74, 6) is -3.41. The second kappa shape index (κ2) is 7.10. The van der Waals surface area contributed by atoms with Crippen LogP contribution >= 0.6 is 11.6 Å². The zero-order valence-electron chi connectivity index (χ0n) is 13.6. The maximum Gasteiger partial charge on any atom is 0.414 e. The van der Waals surface area contributed by atoms with Crippen LogP contribution in [-0.2, 0) is 29.4 Å². The number of amides is 1. The Hall–Kier alpha value is -2.61. The number of ketones is 1. The molecule has 0 aliphatic carbocycles. The monoisotopic (exact) mass is 371 g/mol. The number of halogens is 2. The molecule has 0 radical (unpaired) electrons. The van der Waals surface area contributed by atoms with Crippen molar-refractivity contribution in [3.63, 3.8) is 0 Å². The van der Waals surface area contributed by atoms with Crippen LogP contribution in [0.25, 0.3) is 0 Å². The molecule has 1 aromatic carbocycles. The highest BCUT2D eigenvalue weighted by Gasteiger charge is 2.51. The number of carbonyl (C=O) groups is 3. The molecule has 2 rings (SSSR count). The quantitative estimate of drug-likeness (QED) is 0.818. The van der Waals surface area contributed by atoms with Crippen molar-refractivity contribution in [2.75, 3.05) is 6.61 Å². The summed E-state index contributed by atoms with van der Waals surface area (Å²) in [5, 5.41) is 2.34. The van der Waals surface area contributed by atoms with Gasteiger partial charge in [0.2, 0.25) is 17.2 Å². The summed E-state index contributed by atoms with van der Waals surface area (Å²) in [4.78, 5) is 35.6. The van der Waals surface area contributed by atoms with E-state index in [1.807, 2.05) is 0 Å². The molecule has 0 fully saturated rings. The van der Waals surface area contributed by atoms with Crippen LogP contribution < -0.4 is 5.32 Å². The fourth-order valence-corrected chi connectivity index (χ4v) is 2.41. The van der Waals surface area contributed by atoms with Crippen molar-refractivity contribution < 1.29 is 33.0 Å². The van der Waals surface area contributed by atoms with Crippen LogP contribution in [0.3, 0.4) is 0 Å². The Bertz CT molecular complexity index is 778. The number of alkyl carbamates (subject to hydrolysis) is 1. The van der Waals surface area contributed by atoms with E-state index in [0.29, 0.717) is 0 Å². The third-order valence-corrected chi connectivity index (χ3v) is 3.57. The normalized spacial score (nSPS) is 19.5. The highest BCUT2D eigenvalue weighted by atomic mass is 35.5. The van der Waals surface area contributed by atoms with Gasteiger partial charge in [0.05, 0.1) is 6.61 Å². The van der Waals surface area contributed by atoms with Crippen LogP contribution in [-0.4, -0.2) is 24.5 Å². The van der Waals surface area contributed by atoms with Crippen LogP contribution in [0.5, 0.6) is 0 Å². The molecule has 1 amide bonds. The van der Waals surface area contributed by atoms with E-state index in [2.05, 4.69) is 5.32 Å². The number of benzene rings is 1. The van der Waals surface area contributed by atoms with Crippen molar-refractivity contribution in [1.82, 2.24) is 5.32 Å². The SMILES string of the molecule is CCOC(=O)NC1=C(OC(C)=O)C(=O)C(C)(c2cc(Cl)ccc2F)O1. The minimum atomic E-state index is -1.88. The van der Waals surface area contributed by atoms with Gasteiger partial charge in [0, 0.05) is 17.5 Å². The Morgan fingerprint density at radius 3 is 2.68 bits per heavy atom. The first-order valence-corrected chi connectivity index (χ1v) is 7.62. The van der Waals surface area contributed by atoms with Crippen LogP contribution in [0.2, 0.25) is 5.02 Å². The molecule has 1 aromatic rings. The third-order valence-electron chi connectivity index (χ3n) is 3.33.